The van der Waals surface area contributed by atoms with Gasteiger partial charge in [0.25, 0.3) is 0 Å². The number of hydrogen-bond donors (Lipinski definition) is 1. The number of ether oxygens (including phenoxy) is 1. The number of rotatable bonds is 5. The van der Waals surface area contributed by atoms with Crippen molar-refractivity contribution in [3.63, 3.8) is 0 Å². The standard InChI is InChI=1S/C13H21NOS/c1-14-12(7-10-5-3-4-6-10)13-8-11(15-2)9-16-13/h8-10,12,14H,3-7H2,1-2H3. The van der Waals surface area contributed by atoms with E-state index in [-0.39, 0.29) is 0 Å². The number of hydrogen-bond acceptors (Lipinski definition) is 3. The number of nitrogens with one attached hydrogen (secondary N) is 1. The molecule has 1 heterocycles. The molecular weight excluding hydrogens is 218 g/mol. The van der Waals surface area contributed by atoms with Gasteiger partial charge in [-0.25, -0.2) is 0 Å². The van der Waals surface area contributed by atoms with Crippen LogP contribution in [-0.4, -0.2) is 14.2 Å². The maximum Gasteiger partial charge on any atom is 0.129 e. The van der Waals surface area contributed by atoms with Crippen molar-refractivity contribution < 1.29 is 4.74 Å². The lowest BCUT2D eigenvalue weighted by molar-refractivity contribution is 0.408. The normalized spacial score (nSPS) is 18.9. The molecule has 16 heavy (non-hydrogen) atoms. The van der Waals surface area contributed by atoms with Crippen LogP contribution in [0.25, 0.3) is 0 Å². The van der Waals surface area contributed by atoms with E-state index in [1.807, 2.05) is 0 Å². The SMILES string of the molecule is CNC(CC1CCCC1)c1cc(OC)cs1. The van der Waals surface area contributed by atoms with Crippen LogP contribution in [0.3, 0.4) is 0 Å². The topological polar surface area (TPSA) is 21.3 Å². The average molecular weight is 239 g/mol. The summed E-state index contributed by atoms with van der Waals surface area (Å²) in [5.41, 5.74) is 0. The lowest BCUT2D eigenvalue weighted by Crippen LogP contribution is -2.18. The highest BCUT2D eigenvalue weighted by molar-refractivity contribution is 7.10. The molecule has 2 nitrogen and oxygen atoms in total. The van der Waals surface area contributed by atoms with Crippen LogP contribution < -0.4 is 10.1 Å². The van der Waals surface area contributed by atoms with Gasteiger partial charge in [0.15, 0.2) is 0 Å². The molecule has 0 aliphatic heterocycles. The predicted octanol–water partition coefficient (Wildman–Crippen LogP) is 3.60. The molecule has 0 bridgehead atoms. The quantitative estimate of drug-likeness (QED) is 0.847. The Labute approximate surface area is 102 Å². The summed E-state index contributed by atoms with van der Waals surface area (Å²) in [4.78, 5) is 1.41. The Balaban J connectivity index is 1.97. The van der Waals surface area contributed by atoms with Crippen LogP contribution in [0.4, 0.5) is 0 Å². The van der Waals surface area contributed by atoms with Gasteiger partial charge in [0.2, 0.25) is 0 Å². The second-order valence-electron chi connectivity index (χ2n) is 4.62. The number of methoxy groups -OCH3 is 1. The van der Waals surface area contributed by atoms with Gasteiger partial charge in [0.1, 0.15) is 5.75 Å². The second kappa shape index (κ2) is 5.69. The van der Waals surface area contributed by atoms with Crippen LogP contribution in [0, 0.1) is 5.92 Å². The second-order valence-corrected chi connectivity index (χ2v) is 5.56. The molecule has 90 valence electrons. The molecule has 1 N–H and O–H groups in total. The number of thiophene rings is 1. The fourth-order valence-corrected chi connectivity index (χ4v) is 3.56. The lowest BCUT2D eigenvalue weighted by Gasteiger charge is -2.18. The predicted molar refractivity (Wildman–Crippen MR) is 69.2 cm³/mol. The molecule has 0 radical (unpaired) electrons. The van der Waals surface area contributed by atoms with Crippen molar-refractivity contribution in [3.8, 4) is 5.75 Å². The lowest BCUT2D eigenvalue weighted by atomic mass is 9.97. The Morgan fingerprint density at radius 2 is 2.25 bits per heavy atom. The highest BCUT2D eigenvalue weighted by Crippen LogP contribution is 2.35. The molecule has 0 aromatic carbocycles. The van der Waals surface area contributed by atoms with Crippen LogP contribution in [0.5, 0.6) is 5.75 Å². The first-order chi connectivity index (χ1) is 7.83. The van der Waals surface area contributed by atoms with Gasteiger partial charge in [-0.3, -0.25) is 0 Å². The molecule has 1 aromatic rings. The van der Waals surface area contributed by atoms with Crippen molar-refractivity contribution in [1.29, 1.82) is 0 Å². The van der Waals surface area contributed by atoms with E-state index in [0.29, 0.717) is 6.04 Å². The molecule has 1 aliphatic carbocycles. The first-order valence-corrected chi connectivity index (χ1v) is 7.01. The van der Waals surface area contributed by atoms with E-state index < -0.39 is 0 Å². The highest BCUT2D eigenvalue weighted by Gasteiger charge is 2.21. The van der Waals surface area contributed by atoms with Gasteiger partial charge >= 0.3 is 0 Å². The van der Waals surface area contributed by atoms with Gasteiger partial charge in [-0.2, -0.15) is 0 Å². The van der Waals surface area contributed by atoms with Gasteiger partial charge in [-0.15, -0.1) is 11.3 Å². The summed E-state index contributed by atoms with van der Waals surface area (Å²) in [6, 6.07) is 2.68. The summed E-state index contributed by atoms with van der Waals surface area (Å²) in [7, 11) is 3.79. The monoisotopic (exact) mass is 239 g/mol. The Hall–Kier alpha value is -0.540. The highest BCUT2D eigenvalue weighted by atomic mass is 32.1. The van der Waals surface area contributed by atoms with E-state index >= 15 is 0 Å². The Morgan fingerprint density at radius 1 is 1.50 bits per heavy atom. The molecule has 1 unspecified atom stereocenters. The van der Waals surface area contributed by atoms with Crippen molar-refractivity contribution in [2.45, 2.75) is 38.1 Å². The molecule has 1 aliphatic rings. The molecule has 3 heteroatoms. The molecule has 1 aromatic heterocycles. The van der Waals surface area contributed by atoms with Crippen molar-refractivity contribution >= 4 is 11.3 Å². The molecule has 0 amide bonds. The van der Waals surface area contributed by atoms with Gasteiger partial charge in [-0.05, 0) is 25.5 Å². The van der Waals surface area contributed by atoms with Crippen LogP contribution in [0.1, 0.15) is 43.0 Å². The minimum atomic E-state index is 0.511. The molecule has 0 spiro atoms. The minimum Gasteiger partial charge on any atom is -0.496 e. The molecular formula is C13H21NOS. The Kier molecular flexibility index (Phi) is 4.24. The first-order valence-electron chi connectivity index (χ1n) is 6.13. The van der Waals surface area contributed by atoms with Crippen molar-refractivity contribution in [3.05, 3.63) is 16.3 Å². The summed E-state index contributed by atoms with van der Waals surface area (Å²) in [6.07, 6.45) is 6.96. The average Bonchev–Trinajstić information content (AvgIpc) is 2.96. The van der Waals surface area contributed by atoms with Crippen LogP contribution in [0.2, 0.25) is 0 Å². The zero-order valence-corrected chi connectivity index (χ0v) is 11.0. The summed E-state index contributed by atoms with van der Waals surface area (Å²) < 4.78 is 5.24. The summed E-state index contributed by atoms with van der Waals surface area (Å²) in [5.74, 6) is 1.91. The smallest absolute Gasteiger partial charge is 0.129 e. The third kappa shape index (κ3) is 2.77. The van der Waals surface area contributed by atoms with E-state index in [2.05, 4.69) is 23.8 Å². The van der Waals surface area contributed by atoms with E-state index in [1.165, 1.54) is 37.0 Å². The molecule has 1 atom stereocenters. The summed E-state index contributed by atoms with van der Waals surface area (Å²) in [6.45, 7) is 0. The van der Waals surface area contributed by atoms with Crippen molar-refractivity contribution in [2.75, 3.05) is 14.2 Å². The van der Waals surface area contributed by atoms with Gasteiger partial charge in [0.05, 0.1) is 7.11 Å². The van der Waals surface area contributed by atoms with Crippen LogP contribution in [-0.2, 0) is 0 Å². The Bertz CT molecular complexity index is 317. The maximum absolute atomic E-state index is 5.24. The van der Waals surface area contributed by atoms with E-state index in [4.69, 9.17) is 4.74 Å². The van der Waals surface area contributed by atoms with E-state index in [9.17, 15) is 0 Å². The van der Waals surface area contributed by atoms with Crippen LogP contribution >= 0.6 is 11.3 Å². The van der Waals surface area contributed by atoms with Gasteiger partial charge in [-0.1, -0.05) is 25.7 Å². The molecule has 1 saturated carbocycles. The maximum atomic E-state index is 5.24. The van der Waals surface area contributed by atoms with Crippen LogP contribution in [0.15, 0.2) is 11.4 Å². The van der Waals surface area contributed by atoms with E-state index in [1.54, 1.807) is 18.4 Å². The molecule has 2 rings (SSSR count). The first kappa shape index (κ1) is 11.9. The Morgan fingerprint density at radius 3 is 2.81 bits per heavy atom. The third-order valence-corrected chi connectivity index (χ3v) is 4.59. The van der Waals surface area contributed by atoms with Crippen molar-refractivity contribution in [2.24, 2.45) is 5.92 Å². The summed E-state index contributed by atoms with van der Waals surface area (Å²) >= 11 is 1.80. The van der Waals surface area contributed by atoms with Crippen molar-refractivity contribution in [1.82, 2.24) is 5.32 Å². The third-order valence-electron chi connectivity index (χ3n) is 3.57. The summed E-state index contributed by atoms with van der Waals surface area (Å²) in [5, 5.41) is 5.53. The fraction of sp³-hybridized carbons (Fsp3) is 0.692. The van der Waals surface area contributed by atoms with Gasteiger partial charge in [0, 0.05) is 16.3 Å². The molecule has 1 fully saturated rings. The zero-order valence-electron chi connectivity index (χ0n) is 10.2. The largest absolute Gasteiger partial charge is 0.496 e. The minimum absolute atomic E-state index is 0.511. The van der Waals surface area contributed by atoms with Gasteiger partial charge < -0.3 is 10.1 Å². The molecule has 0 saturated heterocycles. The fourth-order valence-electron chi connectivity index (χ4n) is 2.58. The zero-order chi connectivity index (χ0) is 11.4. The van der Waals surface area contributed by atoms with E-state index in [0.717, 1.165) is 11.7 Å².